The van der Waals surface area contributed by atoms with Gasteiger partial charge in [-0.15, -0.1) is 0 Å². The van der Waals surface area contributed by atoms with Crippen LogP contribution in [0.4, 0.5) is 10.1 Å². The molecule has 3 nitrogen and oxygen atoms in total. The fourth-order valence-electron chi connectivity index (χ4n) is 1.59. The van der Waals surface area contributed by atoms with Gasteiger partial charge in [0.1, 0.15) is 5.82 Å². The van der Waals surface area contributed by atoms with E-state index in [0.29, 0.717) is 24.4 Å². The number of amides is 1. The number of halogens is 1. The van der Waals surface area contributed by atoms with Crippen LogP contribution in [0.15, 0.2) is 18.2 Å². The number of aliphatic hydroxyl groups excluding tert-OH is 1. The van der Waals surface area contributed by atoms with Gasteiger partial charge in [-0.1, -0.05) is 32.1 Å². The Morgan fingerprint density at radius 1 is 1.50 bits per heavy atom. The van der Waals surface area contributed by atoms with E-state index in [0.717, 1.165) is 6.42 Å². The number of anilines is 1. The van der Waals surface area contributed by atoms with E-state index in [1.54, 1.807) is 0 Å². The fraction of sp³-hybridized carbons (Fsp3) is 0.438. The normalized spacial score (nSPS) is 11.4. The molecule has 0 aliphatic rings. The molecule has 20 heavy (non-hydrogen) atoms. The predicted molar refractivity (Wildman–Crippen MR) is 77.7 cm³/mol. The minimum atomic E-state index is -0.435. The van der Waals surface area contributed by atoms with Crippen molar-refractivity contribution < 1.29 is 14.3 Å². The highest BCUT2D eigenvalue weighted by molar-refractivity contribution is 5.91. The lowest BCUT2D eigenvalue weighted by Gasteiger charge is -2.09. The number of benzene rings is 1. The summed E-state index contributed by atoms with van der Waals surface area (Å²) >= 11 is 0. The molecule has 0 aliphatic heterocycles. The Labute approximate surface area is 119 Å². The maximum atomic E-state index is 13.5. The molecule has 0 fully saturated rings. The summed E-state index contributed by atoms with van der Waals surface area (Å²) in [5.41, 5.74) is 0.757. The molecule has 1 aromatic carbocycles. The SMILES string of the molecule is CCC(C)CC(=O)Nc1ccc(F)c(C#CCCO)c1. The van der Waals surface area contributed by atoms with Crippen molar-refractivity contribution in [2.75, 3.05) is 11.9 Å². The molecule has 0 aromatic heterocycles. The van der Waals surface area contributed by atoms with Crippen LogP contribution in [-0.2, 0) is 4.79 Å². The standard InChI is InChI=1S/C16H20FNO2/c1-3-12(2)10-16(20)18-14-7-8-15(17)13(11-14)6-4-5-9-19/h7-8,11-12,19H,3,5,9-10H2,1-2H3,(H,18,20). The van der Waals surface area contributed by atoms with Crippen molar-refractivity contribution in [2.24, 2.45) is 5.92 Å². The highest BCUT2D eigenvalue weighted by Gasteiger charge is 2.08. The number of carbonyl (C=O) groups is 1. The minimum Gasteiger partial charge on any atom is -0.395 e. The van der Waals surface area contributed by atoms with E-state index in [9.17, 15) is 9.18 Å². The molecule has 0 bridgehead atoms. The van der Waals surface area contributed by atoms with E-state index < -0.39 is 5.82 Å². The van der Waals surface area contributed by atoms with Crippen LogP contribution in [0.25, 0.3) is 0 Å². The van der Waals surface area contributed by atoms with E-state index in [4.69, 9.17) is 5.11 Å². The van der Waals surface area contributed by atoms with Crippen LogP contribution in [-0.4, -0.2) is 17.6 Å². The second-order valence-electron chi connectivity index (χ2n) is 4.74. The van der Waals surface area contributed by atoms with E-state index in [2.05, 4.69) is 17.2 Å². The maximum Gasteiger partial charge on any atom is 0.224 e. The van der Waals surface area contributed by atoms with Crippen molar-refractivity contribution in [2.45, 2.75) is 33.1 Å². The van der Waals surface area contributed by atoms with Crippen LogP contribution >= 0.6 is 0 Å². The molecule has 2 N–H and O–H groups in total. The molecule has 108 valence electrons. The summed E-state index contributed by atoms with van der Waals surface area (Å²) in [6.45, 7) is 3.99. The second-order valence-corrected chi connectivity index (χ2v) is 4.74. The molecule has 4 heteroatoms. The first-order chi connectivity index (χ1) is 9.56. The number of hydrogen-bond acceptors (Lipinski definition) is 2. The summed E-state index contributed by atoms with van der Waals surface area (Å²) in [5, 5.41) is 11.4. The Balaban J connectivity index is 2.75. The zero-order valence-electron chi connectivity index (χ0n) is 11.9. The molecular formula is C16H20FNO2. The van der Waals surface area contributed by atoms with Crippen LogP contribution in [0.3, 0.4) is 0 Å². The Morgan fingerprint density at radius 2 is 2.25 bits per heavy atom. The molecule has 0 saturated carbocycles. The van der Waals surface area contributed by atoms with Crippen molar-refractivity contribution in [3.63, 3.8) is 0 Å². The average Bonchev–Trinajstić information content (AvgIpc) is 2.42. The first kappa shape index (κ1) is 16.2. The average molecular weight is 277 g/mol. The second kappa shape index (κ2) is 8.34. The quantitative estimate of drug-likeness (QED) is 0.813. The zero-order chi connectivity index (χ0) is 15.0. The number of aliphatic hydroxyl groups is 1. The van der Waals surface area contributed by atoms with E-state index in [1.807, 2.05) is 13.8 Å². The predicted octanol–water partition coefficient (Wildman–Crippen LogP) is 2.93. The largest absolute Gasteiger partial charge is 0.395 e. The number of nitrogens with one attached hydrogen (secondary N) is 1. The third-order valence-electron chi connectivity index (χ3n) is 2.94. The van der Waals surface area contributed by atoms with Gasteiger partial charge in [-0.3, -0.25) is 4.79 Å². The van der Waals surface area contributed by atoms with Crippen LogP contribution in [0, 0.1) is 23.6 Å². The van der Waals surface area contributed by atoms with Crippen LogP contribution in [0.1, 0.15) is 38.7 Å². The molecule has 0 spiro atoms. The third kappa shape index (κ3) is 5.41. The molecule has 1 unspecified atom stereocenters. The van der Waals surface area contributed by atoms with Crippen LogP contribution in [0.2, 0.25) is 0 Å². The summed E-state index contributed by atoms with van der Waals surface area (Å²) < 4.78 is 13.5. The Hall–Kier alpha value is -1.86. The summed E-state index contributed by atoms with van der Waals surface area (Å²) in [7, 11) is 0. The lowest BCUT2D eigenvalue weighted by molar-refractivity contribution is -0.117. The zero-order valence-corrected chi connectivity index (χ0v) is 11.9. The summed E-state index contributed by atoms with van der Waals surface area (Å²) in [6.07, 6.45) is 1.68. The van der Waals surface area contributed by atoms with Gasteiger partial charge in [-0.2, -0.15) is 0 Å². The van der Waals surface area contributed by atoms with Crippen molar-refractivity contribution >= 4 is 11.6 Å². The van der Waals surface area contributed by atoms with Gasteiger partial charge >= 0.3 is 0 Å². The van der Waals surface area contributed by atoms with Crippen molar-refractivity contribution in [3.8, 4) is 11.8 Å². The highest BCUT2D eigenvalue weighted by atomic mass is 19.1. The monoisotopic (exact) mass is 277 g/mol. The Morgan fingerprint density at radius 3 is 2.90 bits per heavy atom. The third-order valence-corrected chi connectivity index (χ3v) is 2.94. The van der Waals surface area contributed by atoms with Crippen LogP contribution in [0.5, 0.6) is 0 Å². The highest BCUT2D eigenvalue weighted by Crippen LogP contribution is 2.15. The van der Waals surface area contributed by atoms with Gasteiger partial charge in [0.2, 0.25) is 5.91 Å². The molecule has 0 aliphatic carbocycles. The molecular weight excluding hydrogens is 257 g/mol. The molecule has 1 atom stereocenters. The van der Waals surface area contributed by atoms with Gasteiger partial charge in [-0.25, -0.2) is 4.39 Å². The Bertz CT molecular complexity index is 517. The number of hydrogen-bond donors (Lipinski definition) is 2. The topological polar surface area (TPSA) is 49.3 Å². The van der Waals surface area contributed by atoms with Gasteiger partial charge < -0.3 is 10.4 Å². The van der Waals surface area contributed by atoms with E-state index in [1.165, 1.54) is 18.2 Å². The van der Waals surface area contributed by atoms with Gasteiger partial charge in [-0.05, 0) is 24.1 Å². The molecule has 1 aromatic rings. The van der Waals surface area contributed by atoms with Gasteiger partial charge in [0.05, 0.1) is 12.2 Å². The molecule has 0 radical (unpaired) electrons. The van der Waals surface area contributed by atoms with Gasteiger partial charge in [0, 0.05) is 18.5 Å². The minimum absolute atomic E-state index is 0.0556. The summed E-state index contributed by atoms with van der Waals surface area (Å²) in [5.74, 6) is 5.11. The number of carbonyl (C=O) groups excluding carboxylic acids is 1. The first-order valence-electron chi connectivity index (χ1n) is 6.76. The van der Waals surface area contributed by atoms with E-state index >= 15 is 0 Å². The van der Waals surface area contributed by atoms with E-state index in [-0.39, 0.29) is 18.1 Å². The van der Waals surface area contributed by atoms with Gasteiger partial charge in [0.25, 0.3) is 0 Å². The summed E-state index contributed by atoms with van der Waals surface area (Å²) in [4.78, 5) is 11.8. The van der Waals surface area contributed by atoms with Gasteiger partial charge in [0.15, 0.2) is 0 Å². The van der Waals surface area contributed by atoms with Crippen molar-refractivity contribution in [3.05, 3.63) is 29.6 Å². The lowest BCUT2D eigenvalue weighted by atomic mass is 10.0. The van der Waals surface area contributed by atoms with Crippen molar-refractivity contribution in [1.82, 2.24) is 0 Å². The number of rotatable bonds is 5. The fourth-order valence-corrected chi connectivity index (χ4v) is 1.59. The lowest BCUT2D eigenvalue weighted by Crippen LogP contribution is -2.14. The summed E-state index contributed by atoms with van der Waals surface area (Å²) in [6, 6.07) is 4.30. The first-order valence-corrected chi connectivity index (χ1v) is 6.76. The smallest absolute Gasteiger partial charge is 0.224 e. The van der Waals surface area contributed by atoms with Crippen LogP contribution < -0.4 is 5.32 Å². The Kier molecular flexibility index (Phi) is 6.75. The van der Waals surface area contributed by atoms with Crippen molar-refractivity contribution in [1.29, 1.82) is 0 Å². The molecule has 0 heterocycles. The molecule has 0 saturated heterocycles. The molecule has 1 amide bonds. The maximum absolute atomic E-state index is 13.5. The molecule has 1 rings (SSSR count).